The Labute approximate surface area is 104 Å². The molecule has 0 aliphatic carbocycles. The average molecular weight is 286 g/mol. The topological polar surface area (TPSA) is 67.1 Å². The van der Waals surface area contributed by atoms with E-state index in [2.05, 4.69) is 26.6 Å². The second kappa shape index (κ2) is 7.24. The summed E-state index contributed by atoms with van der Waals surface area (Å²) in [7, 11) is 0. The van der Waals surface area contributed by atoms with Crippen LogP contribution >= 0.6 is 15.9 Å². The highest BCUT2D eigenvalue weighted by molar-refractivity contribution is 9.10. The lowest BCUT2D eigenvalue weighted by Gasteiger charge is -2.06. The SMILES string of the molecule is NCCNC(=O)NCCc1cccc(Br)c1. The number of benzene rings is 1. The number of rotatable bonds is 5. The molecule has 0 saturated carbocycles. The molecule has 4 N–H and O–H groups in total. The van der Waals surface area contributed by atoms with E-state index in [0.717, 1.165) is 10.9 Å². The number of halogens is 1. The van der Waals surface area contributed by atoms with Crippen LogP contribution in [0.1, 0.15) is 5.56 Å². The summed E-state index contributed by atoms with van der Waals surface area (Å²) < 4.78 is 1.05. The van der Waals surface area contributed by atoms with Crippen LogP contribution in [0.4, 0.5) is 4.79 Å². The summed E-state index contributed by atoms with van der Waals surface area (Å²) in [6.45, 7) is 1.58. The summed E-state index contributed by atoms with van der Waals surface area (Å²) in [5.74, 6) is 0. The van der Waals surface area contributed by atoms with Gasteiger partial charge < -0.3 is 16.4 Å². The van der Waals surface area contributed by atoms with Gasteiger partial charge in [-0.1, -0.05) is 28.1 Å². The van der Waals surface area contributed by atoms with Crippen LogP contribution in [0.5, 0.6) is 0 Å². The molecule has 1 aromatic carbocycles. The molecule has 0 spiro atoms. The lowest BCUT2D eigenvalue weighted by Crippen LogP contribution is -2.39. The first kappa shape index (κ1) is 13.0. The molecule has 0 heterocycles. The van der Waals surface area contributed by atoms with Gasteiger partial charge in [0.05, 0.1) is 0 Å². The van der Waals surface area contributed by atoms with Crippen molar-refractivity contribution >= 4 is 22.0 Å². The first-order valence-electron chi connectivity index (χ1n) is 5.18. The van der Waals surface area contributed by atoms with Crippen molar-refractivity contribution in [1.29, 1.82) is 0 Å². The van der Waals surface area contributed by atoms with E-state index in [-0.39, 0.29) is 6.03 Å². The van der Waals surface area contributed by atoms with Gasteiger partial charge in [0.2, 0.25) is 0 Å². The van der Waals surface area contributed by atoms with E-state index in [9.17, 15) is 4.79 Å². The number of nitrogens with one attached hydrogen (secondary N) is 2. The Kier molecular flexibility index (Phi) is 5.88. The summed E-state index contributed by atoms with van der Waals surface area (Å²) in [6, 6.07) is 7.86. The number of urea groups is 1. The van der Waals surface area contributed by atoms with Gasteiger partial charge in [0.15, 0.2) is 0 Å². The second-order valence-electron chi connectivity index (χ2n) is 3.35. The van der Waals surface area contributed by atoms with Gasteiger partial charge in [-0.3, -0.25) is 0 Å². The Hall–Kier alpha value is -1.07. The average Bonchev–Trinajstić information content (AvgIpc) is 2.26. The Morgan fingerprint density at radius 2 is 2.06 bits per heavy atom. The molecule has 1 aromatic rings. The Bertz CT molecular complexity index is 344. The fourth-order valence-electron chi connectivity index (χ4n) is 1.26. The van der Waals surface area contributed by atoms with E-state index in [4.69, 9.17) is 5.73 Å². The molecule has 0 aromatic heterocycles. The van der Waals surface area contributed by atoms with Crippen LogP contribution in [0.3, 0.4) is 0 Å². The standard InChI is InChI=1S/C11H16BrN3O/c12-10-3-1-2-9(8-10)4-6-14-11(16)15-7-5-13/h1-3,8H,4-7,13H2,(H2,14,15,16). The molecule has 88 valence electrons. The predicted molar refractivity (Wildman–Crippen MR) is 68.3 cm³/mol. The van der Waals surface area contributed by atoms with Crippen LogP contribution in [-0.4, -0.2) is 25.7 Å². The van der Waals surface area contributed by atoms with Crippen molar-refractivity contribution in [2.75, 3.05) is 19.6 Å². The normalized spacial score (nSPS) is 9.88. The molecule has 2 amide bonds. The van der Waals surface area contributed by atoms with Crippen LogP contribution in [0.15, 0.2) is 28.7 Å². The molecule has 0 radical (unpaired) electrons. The molecular formula is C11H16BrN3O. The van der Waals surface area contributed by atoms with Crippen molar-refractivity contribution < 1.29 is 4.79 Å². The highest BCUT2D eigenvalue weighted by Gasteiger charge is 1.98. The summed E-state index contributed by atoms with van der Waals surface area (Å²) >= 11 is 3.40. The smallest absolute Gasteiger partial charge is 0.314 e. The van der Waals surface area contributed by atoms with Gasteiger partial charge in [-0.15, -0.1) is 0 Å². The molecule has 0 atom stereocenters. The number of hydrogen-bond donors (Lipinski definition) is 3. The summed E-state index contributed by atoms with van der Waals surface area (Å²) in [5, 5.41) is 5.41. The number of hydrogen-bond acceptors (Lipinski definition) is 2. The number of nitrogens with two attached hydrogens (primary N) is 1. The molecular weight excluding hydrogens is 270 g/mol. The van der Waals surface area contributed by atoms with Crippen LogP contribution in [0.25, 0.3) is 0 Å². The van der Waals surface area contributed by atoms with Gasteiger partial charge in [0.1, 0.15) is 0 Å². The van der Waals surface area contributed by atoms with Crippen molar-refractivity contribution in [3.8, 4) is 0 Å². The molecule has 16 heavy (non-hydrogen) atoms. The van der Waals surface area contributed by atoms with Crippen LogP contribution in [0.2, 0.25) is 0 Å². The number of amides is 2. The third-order valence-corrected chi connectivity index (χ3v) is 2.51. The Morgan fingerprint density at radius 1 is 1.31 bits per heavy atom. The molecule has 0 aliphatic rings. The highest BCUT2D eigenvalue weighted by Crippen LogP contribution is 2.11. The van der Waals surface area contributed by atoms with Crippen molar-refractivity contribution in [3.05, 3.63) is 34.3 Å². The quantitative estimate of drug-likeness (QED) is 0.762. The monoisotopic (exact) mass is 285 g/mol. The molecule has 0 saturated heterocycles. The molecule has 0 bridgehead atoms. The summed E-state index contributed by atoms with van der Waals surface area (Å²) in [5.41, 5.74) is 6.45. The van der Waals surface area contributed by atoms with E-state index in [1.54, 1.807) is 0 Å². The zero-order chi connectivity index (χ0) is 11.8. The maximum Gasteiger partial charge on any atom is 0.314 e. The fraction of sp³-hybridized carbons (Fsp3) is 0.364. The third-order valence-electron chi connectivity index (χ3n) is 2.02. The minimum Gasteiger partial charge on any atom is -0.338 e. The Balaban J connectivity index is 2.22. The van der Waals surface area contributed by atoms with Crippen LogP contribution in [0, 0.1) is 0 Å². The van der Waals surface area contributed by atoms with E-state index in [1.807, 2.05) is 24.3 Å². The minimum absolute atomic E-state index is 0.166. The zero-order valence-corrected chi connectivity index (χ0v) is 10.6. The van der Waals surface area contributed by atoms with E-state index in [1.165, 1.54) is 5.56 Å². The van der Waals surface area contributed by atoms with Gasteiger partial charge >= 0.3 is 6.03 Å². The van der Waals surface area contributed by atoms with E-state index < -0.39 is 0 Å². The lowest BCUT2D eigenvalue weighted by atomic mass is 10.1. The van der Waals surface area contributed by atoms with Crippen molar-refractivity contribution in [2.24, 2.45) is 5.73 Å². The van der Waals surface area contributed by atoms with Gasteiger partial charge in [-0.05, 0) is 24.1 Å². The molecule has 0 fully saturated rings. The largest absolute Gasteiger partial charge is 0.338 e. The van der Waals surface area contributed by atoms with Gasteiger partial charge in [-0.2, -0.15) is 0 Å². The van der Waals surface area contributed by atoms with Crippen molar-refractivity contribution in [1.82, 2.24) is 10.6 Å². The number of carbonyl (C=O) groups is 1. The predicted octanol–water partition coefficient (Wildman–Crippen LogP) is 1.25. The minimum atomic E-state index is -0.166. The third kappa shape index (κ3) is 5.14. The van der Waals surface area contributed by atoms with Gasteiger partial charge in [0.25, 0.3) is 0 Å². The molecule has 4 nitrogen and oxygen atoms in total. The Morgan fingerprint density at radius 3 is 2.75 bits per heavy atom. The molecule has 0 unspecified atom stereocenters. The maximum absolute atomic E-state index is 11.2. The molecule has 5 heteroatoms. The summed E-state index contributed by atoms with van der Waals surface area (Å²) in [4.78, 5) is 11.2. The lowest BCUT2D eigenvalue weighted by molar-refractivity contribution is 0.241. The van der Waals surface area contributed by atoms with E-state index >= 15 is 0 Å². The molecule has 0 aliphatic heterocycles. The number of carbonyl (C=O) groups excluding carboxylic acids is 1. The van der Waals surface area contributed by atoms with Crippen LogP contribution in [-0.2, 0) is 6.42 Å². The first-order valence-corrected chi connectivity index (χ1v) is 5.98. The highest BCUT2D eigenvalue weighted by atomic mass is 79.9. The maximum atomic E-state index is 11.2. The van der Waals surface area contributed by atoms with Gasteiger partial charge in [0, 0.05) is 24.1 Å². The van der Waals surface area contributed by atoms with Gasteiger partial charge in [-0.25, -0.2) is 4.79 Å². The van der Waals surface area contributed by atoms with E-state index in [0.29, 0.717) is 19.6 Å². The van der Waals surface area contributed by atoms with Crippen LogP contribution < -0.4 is 16.4 Å². The fourth-order valence-corrected chi connectivity index (χ4v) is 1.71. The second-order valence-corrected chi connectivity index (χ2v) is 4.27. The first-order chi connectivity index (χ1) is 7.72. The van der Waals surface area contributed by atoms with Crippen molar-refractivity contribution in [3.63, 3.8) is 0 Å². The summed E-state index contributed by atoms with van der Waals surface area (Å²) in [6.07, 6.45) is 0.815. The van der Waals surface area contributed by atoms with Crippen molar-refractivity contribution in [2.45, 2.75) is 6.42 Å². The zero-order valence-electron chi connectivity index (χ0n) is 9.00. The molecule has 1 rings (SSSR count).